The fourth-order valence-electron chi connectivity index (χ4n) is 3.29. The van der Waals surface area contributed by atoms with Crippen LogP contribution in [0.4, 0.5) is 26.3 Å². The topological polar surface area (TPSA) is 84.4 Å². The third-order valence-electron chi connectivity index (χ3n) is 5.20. The number of rotatable bonds is 6. The Morgan fingerprint density at radius 1 is 0.730 bits per heavy atom. The minimum absolute atomic E-state index is 0.0519. The molecule has 0 aliphatic rings. The van der Waals surface area contributed by atoms with Crippen LogP contribution in [0.25, 0.3) is 0 Å². The Balaban J connectivity index is 0.000000206. The molecule has 1 unspecified atom stereocenters. The van der Waals surface area contributed by atoms with Crippen molar-refractivity contribution in [2.45, 2.75) is 18.9 Å². The van der Waals surface area contributed by atoms with E-state index in [1.807, 2.05) is 0 Å². The molecule has 3 N–H and O–H groups in total. The number of benzene rings is 2. The normalized spacial score (nSPS) is 12.0. The summed E-state index contributed by atoms with van der Waals surface area (Å²) in [6.45, 7) is 0. The number of oxime groups is 1. The van der Waals surface area contributed by atoms with Gasteiger partial charge in [-0.15, -0.1) is 0 Å². The third-order valence-corrected chi connectivity index (χ3v) is 5.20. The molecule has 0 fully saturated rings. The van der Waals surface area contributed by atoms with E-state index in [0.29, 0.717) is 11.8 Å². The molecule has 5 nitrogen and oxygen atoms in total. The molecule has 192 valence electrons. The average molecular weight is 518 g/mol. The zero-order chi connectivity index (χ0) is 26.9. The van der Waals surface area contributed by atoms with E-state index >= 15 is 0 Å². The van der Waals surface area contributed by atoms with Crippen molar-refractivity contribution in [2.24, 2.45) is 10.9 Å². The summed E-state index contributed by atoms with van der Waals surface area (Å²) in [7, 11) is 0. The number of hydrogen-bond donors (Lipinski definition) is 2. The zero-order valence-electron chi connectivity index (χ0n) is 19.1. The second-order valence-corrected chi connectivity index (χ2v) is 7.65. The van der Waals surface area contributed by atoms with Crippen molar-refractivity contribution in [3.63, 3.8) is 0 Å². The minimum atomic E-state index is -1.29. The van der Waals surface area contributed by atoms with Crippen molar-refractivity contribution in [1.29, 1.82) is 0 Å². The van der Waals surface area contributed by atoms with Gasteiger partial charge in [0.05, 0.1) is 17.4 Å². The predicted octanol–water partition coefficient (Wildman–Crippen LogP) is 5.66. The summed E-state index contributed by atoms with van der Waals surface area (Å²) in [6.07, 6.45) is 2.43. The van der Waals surface area contributed by atoms with Crippen LogP contribution in [-0.2, 0) is 12.8 Å². The van der Waals surface area contributed by atoms with Crippen molar-refractivity contribution in [3.8, 4) is 0 Å². The van der Waals surface area contributed by atoms with E-state index in [1.54, 1.807) is 30.3 Å². The molecular weight excluding hydrogens is 498 g/mol. The lowest BCUT2D eigenvalue weighted by Crippen LogP contribution is -2.16. The van der Waals surface area contributed by atoms with Gasteiger partial charge in [0.1, 0.15) is 17.3 Å². The maximum absolute atomic E-state index is 13.5. The van der Waals surface area contributed by atoms with Gasteiger partial charge in [-0.05, 0) is 55.0 Å². The van der Waals surface area contributed by atoms with Crippen molar-refractivity contribution in [1.82, 2.24) is 9.97 Å². The van der Waals surface area contributed by atoms with Gasteiger partial charge in [0.25, 0.3) is 0 Å². The van der Waals surface area contributed by atoms with E-state index in [1.165, 1.54) is 18.5 Å². The standard InChI is InChI=1S/C13H9F3N2O.C13H11F3N2/c14-9-4-5-10(15)13(16)8(9)7-12(18-19)11-3-1-2-6-17-11;14-9-4-5-10(15)13(16)8(9)7-11(17)12-3-1-2-6-18-12/h1-6,19H,7H2;1-6,11H,7,17H2/b18-12-;. The second kappa shape index (κ2) is 12.6. The van der Waals surface area contributed by atoms with Gasteiger partial charge in [0.15, 0.2) is 23.3 Å². The highest BCUT2D eigenvalue weighted by atomic mass is 19.2. The summed E-state index contributed by atoms with van der Waals surface area (Å²) in [4.78, 5) is 7.89. The van der Waals surface area contributed by atoms with E-state index < -0.39 is 52.9 Å². The van der Waals surface area contributed by atoms with Gasteiger partial charge in [-0.1, -0.05) is 17.3 Å². The number of hydrogen-bond acceptors (Lipinski definition) is 5. The highest BCUT2D eigenvalue weighted by Gasteiger charge is 2.19. The van der Waals surface area contributed by atoms with Gasteiger partial charge in [0.2, 0.25) is 0 Å². The van der Waals surface area contributed by atoms with Crippen LogP contribution < -0.4 is 5.73 Å². The first-order valence-corrected chi connectivity index (χ1v) is 10.8. The van der Waals surface area contributed by atoms with Gasteiger partial charge < -0.3 is 10.9 Å². The lowest BCUT2D eigenvalue weighted by molar-refractivity contribution is 0.318. The third kappa shape index (κ3) is 6.91. The molecule has 0 spiro atoms. The number of halogens is 6. The molecule has 0 bridgehead atoms. The van der Waals surface area contributed by atoms with Crippen molar-refractivity contribution >= 4 is 5.71 Å². The number of aromatic nitrogens is 2. The molecule has 4 rings (SSSR count). The summed E-state index contributed by atoms with van der Waals surface area (Å²) in [6, 6.07) is 12.3. The first-order valence-electron chi connectivity index (χ1n) is 10.8. The molecule has 0 amide bonds. The predicted molar refractivity (Wildman–Crippen MR) is 124 cm³/mol. The highest BCUT2D eigenvalue weighted by molar-refractivity contribution is 5.99. The van der Waals surface area contributed by atoms with Crippen LogP contribution in [0.15, 0.2) is 78.2 Å². The summed E-state index contributed by atoms with van der Waals surface area (Å²) in [5, 5.41) is 11.9. The van der Waals surface area contributed by atoms with Gasteiger partial charge in [-0.3, -0.25) is 9.97 Å². The van der Waals surface area contributed by atoms with Gasteiger partial charge in [-0.2, -0.15) is 0 Å². The van der Waals surface area contributed by atoms with Crippen LogP contribution in [0.3, 0.4) is 0 Å². The molecular formula is C26H20F6N4O. The first kappa shape index (κ1) is 27.3. The van der Waals surface area contributed by atoms with E-state index in [9.17, 15) is 26.3 Å². The van der Waals surface area contributed by atoms with Crippen LogP contribution in [0, 0.1) is 34.9 Å². The van der Waals surface area contributed by atoms with Crippen molar-refractivity contribution < 1.29 is 31.5 Å². The molecule has 0 radical (unpaired) electrons. The Hall–Kier alpha value is -4.25. The molecule has 0 aliphatic heterocycles. The number of nitrogens with zero attached hydrogens (tertiary/aromatic N) is 3. The van der Waals surface area contributed by atoms with Crippen LogP contribution in [0.5, 0.6) is 0 Å². The molecule has 2 aromatic carbocycles. The van der Waals surface area contributed by atoms with Crippen LogP contribution >= 0.6 is 0 Å². The smallest absolute Gasteiger partial charge is 0.165 e. The van der Waals surface area contributed by atoms with Gasteiger partial charge >= 0.3 is 0 Å². The SMILES string of the molecule is NC(Cc1c(F)ccc(F)c1F)c1ccccn1.O/N=C(/Cc1c(F)ccc(F)c1F)c1ccccn1. The molecule has 0 saturated carbocycles. The van der Waals surface area contributed by atoms with Gasteiger partial charge in [0, 0.05) is 29.9 Å². The largest absolute Gasteiger partial charge is 0.411 e. The van der Waals surface area contributed by atoms with E-state index in [-0.39, 0.29) is 23.4 Å². The van der Waals surface area contributed by atoms with Crippen LogP contribution in [-0.4, -0.2) is 20.9 Å². The monoisotopic (exact) mass is 518 g/mol. The van der Waals surface area contributed by atoms with Crippen molar-refractivity contribution in [3.05, 3.63) is 130 Å². The highest BCUT2D eigenvalue weighted by Crippen LogP contribution is 2.21. The molecule has 0 saturated heterocycles. The lowest BCUT2D eigenvalue weighted by atomic mass is 10.0. The molecule has 2 aromatic heterocycles. The molecule has 11 heteroatoms. The molecule has 1 atom stereocenters. The maximum Gasteiger partial charge on any atom is 0.165 e. The Morgan fingerprint density at radius 2 is 1.27 bits per heavy atom. The Morgan fingerprint density at radius 3 is 1.81 bits per heavy atom. The fraction of sp³-hybridized carbons (Fsp3) is 0.115. The van der Waals surface area contributed by atoms with E-state index in [4.69, 9.17) is 10.9 Å². The molecule has 4 aromatic rings. The summed E-state index contributed by atoms with van der Waals surface area (Å²) >= 11 is 0. The lowest BCUT2D eigenvalue weighted by Gasteiger charge is -2.12. The Kier molecular flexibility index (Phi) is 9.33. The Labute approximate surface area is 207 Å². The van der Waals surface area contributed by atoms with E-state index in [2.05, 4.69) is 15.1 Å². The quantitative estimate of drug-likeness (QED) is 0.113. The van der Waals surface area contributed by atoms with Crippen LogP contribution in [0.2, 0.25) is 0 Å². The Bertz CT molecular complexity index is 1370. The van der Waals surface area contributed by atoms with Crippen molar-refractivity contribution in [2.75, 3.05) is 0 Å². The summed E-state index contributed by atoms with van der Waals surface area (Å²) < 4.78 is 79.9. The molecule has 2 heterocycles. The number of nitrogens with two attached hydrogens (primary N) is 1. The second-order valence-electron chi connectivity index (χ2n) is 7.65. The zero-order valence-corrected chi connectivity index (χ0v) is 19.1. The summed E-state index contributed by atoms with van der Waals surface area (Å²) in [5.41, 5.74) is 5.65. The molecule has 0 aliphatic carbocycles. The first-order chi connectivity index (χ1) is 17.7. The summed E-state index contributed by atoms with van der Waals surface area (Å²) in [5.74, 6) is -6.44. The maximum atomic E-state index is 13.5. The number of pyridine rings is 2. The fourth-order valence-corrected chi connectivity index (χ4v) is 3.29. The van der Waals surface area contributed by atoms with Crippen LogP contribution in [0.1, 0.15) is 28.6 Å². The van der Waals surface area contributed by atoms with E-state index in [0.717, 1.165) is 18.2 Å². The molecule has 37 heavy (non-hydrogen) atoms. The average Bonchev–Trinajstić information content (AvgIpc) is 2.92. The minimum Gasteiger partial charge on any atom is -0.411 e. The van der Waals surface area contributed by atoms with Gasteiger partial charge in [-0.25, -0.2) is 26.3 Å².